The van der Waals surface area contributed by atoms with Gasteiger partial charge in [-0.1, -0.05) is 0 Å². The van der Waals surface area contributed by atoms with Crippen LogP contribution in [0.15, 0.2) is 29.0 Å². The number of carboxylic acids is 1. The second-order valence-corrected chi connectivity index (χ2v) is 4.81. The first kappa shape index (κ1) is 15.4. The molecule has 1 rings (SSSR count). The first-order valence-electron chi connectivity index (χ1n) is 5.75. The number of amides is 1. The minimum atomic E-state index is -0.849. The fraction of sp³-hybridized carbons (Fsp3) is 0.308. The van der Waals surface area contributed by atoms with Gasteiger partial charge in [-0.3, -0.25) is 9.59 Å². The number of aliphatic carboxylic acids is 1. The van der Waals surface area contributed by atoms with Crippen molar-refractivity contribution in [1.29, 1.82) is 0 Å². The number of pyridine rings is 1. The van der Waals surface area contributed by atoms with Crippen LogP contribution in [0.3, 0.4) is 0 Å². The fourth-order valence-electron chi connectivity index (χ4n) is 1.39. The van der Waals surface area contributed by atoms with E-state index in [4.69, 9.17) is 5.11 Å². The van der Waals surface area contributed by atoms with Crippen LogP contribution in [-0.2, 0) is 9.59 Å². The van der Waals surface area contributed by atoms with Gasteiger partial charge in [-0.2, -0.15) is 0 Å². The molecule has 0 saturated carbocycles. The maximum Gasteiger partial charge on any atom is 0.303 e. The van der Waals surface area contributed by atoms with Crippen LogP contribution in [0, 0.1) is 0 Å². The SMILES string of the molecule is CN(CCCC(=O)O)C(=O)/C=C/c1ccnc(Br)c1. The molecular weight excluding hydrogens is 312 g/mol. The van der Waals surface area contributed by atoms with E-state index in [-0.39, 0.29) is 12.3 Å². The summed E-state index contributed by atoms with van der Waals surface area (Å²) in [5, 5.41) is 8.52. The highest BCUT2D eigenvalue weighted by atomic mass is 79.9. The Morgan fingerprint density at radius 2 is 2.26 bits per heavy atom. The molecular formula is C13H15BrN2O3. The molecule has 0 fully saturated rings. The maximum absolute atomic E-state index is 11.7. The molecule has 0 aliphatic carbocycles. The summed E-state index contributed by atoms with van der Waals surface area (Å²) in [4.78, 5) is 27.6. The largest absolute Gasteiger partial charge is 0.481 e. The standard InChI is InChI=1S/C13H15BrN2O3/c1-16(8-2-3-13(18)19)12(17)5-4-10-6-7-15-11(14)9-10/h4-7,9H,2-3,8H2,1H3,(H,18,19)/b5-4+. The Hall–Kier alpha value is -1.69. The summed E-state index contributed by atoms with van der Waals surface area (Å²) in [5.74, 6) is -1.00. The molecule has 0 saturated heterocycles. The van der Waals surface area contributed by atoms with Crippen LogP contribution < -0.4 is 0 Å². The highest BCUT2D eigenvalue weighted by molar-refractivity contribution is 9.10. The zero-order chi connectivity index (χ0) is 14.3. The summed E-state index contributed by atoms with van der Waals surface area (Å²) < 4.78 is 0.705. The van der Waals surface area contributed by atoms with Crippen molar-refractivity contribution in [2.45, 2.75) is 12.8 Å². The lowest BCUT2D eigenvalue weighted by atomic mass is 10.2. The molecule has 6 heteroatoms. The Bertz CT molecular complexity index is 489. The van der Waals surface area contributed by atoms with Crippen molar-refractivity contribution in [3.05, 3.63) is 34.6 Å². The number of carbonyl (C=O) groups excluding carboxylic acids is 1. The van der Waals surface area contributed by atoms with Crippen LogP contribution >= 0.6 is 15.9 Å². The van der Waals surface area contributed by atoms with E-state index in [0.29, 0.717) is 17.6 Å². The Labute approximate surface area is 120 Å². The summed E-state index contributed by atoms with van der Waals surface area (Å²) in [7, 11) is 1.65. The summed E-state index contributed by atoms with van der Waals surface area (Å²) in [6, 6.07) is 3.59. The molecule has 1 aromatic heterocycles. The molecule has 0 aromatic carbocycles. The minimum absolute atomic E-state index is 0.0681. The zero-order valence-corrected chi connectivity index (χ0v) is 12.1. The predicted molar refractivity (Wildman–Crippen MR) is 75.5 cm³/mol. The van der Waals surface area contributed by atoms with Crippen LogP contribution in [0.5, 0.6) is 0 Å². The van der Waals surface area contributed by atoms with E-state index in [1.807, 2.05) is 0 Å². The third-order valence-electron chi connectivity index (χ3n) is 2.43. The van der Waals surface area contributed by atoms with Crippen LogP contribution in [0.25, 0.3) is 6.08 Å². The molecule has 1 N–H and O–H groups in total. The lowest BCUT2D eigenvalue weighted by Gasteiger charge is -2.13. The third kappa shape index (κ3) is 6.15. The van der Waals surface area contributed by atoms with Gasteiger partial charge in [0.25, 0.3) is 0 Å². The number of nitrogens with zero attached hydrogens (tertiary/aromatic N) is 2. The lowest BCUT2D eigenvalue weighted by Crippen LogP contribution is -2.26. The summed E-state index contributed by atoms with van der Waals surface area (Å²) >= 11 is 3.25. The van der Waals surface area contributed by atoms with Crippen LogP contribution in [0.4, 0.5) is 0 Å². The normalized spacial score (nSPS) is 10.6. The topological polar surface area (TPSA) is 70.5 Å². The highest BCUT2D eigenvalue weighted by Crippen LogP contribution is 2.09. The number of aromatic nitrogens is 1. The Kier molecular flexibility index (Phi) is 6.21. The number of carboxylic acid groups (broad SMARTS) is 1. The van der Waals surface area contributed by atoms with E-state index in [1.165, 1.54) is 11.0 Å². The van der Waals surface area contributed by atoms with E-state index in [1.54, 1.807) is 31.5 Å². The quantitative estimate of drug-likeness (QED) is 0.642. The van der Waals surface area contributed by atoms with Gasteiger partial charge >= 0.3 is 5.97 Å². The second-order valence-electron chi connectivity index (χ2n) is 4.00. The number of hydrogen-bond acceptors (Lipinski definition) is 3. The van der Waals surface area contributed by atoms with Gasteiger partial charge in [0.1, 0.15) is 4.60 Å². The van der Waals surface area contributed by atoms with Crippen molar-refractivity contribution in [3.63, 3.8) is 0 Å². The number of hydrogen-bond donors (Lipinski definition) is 1. The molecule has 0 aliphatic heterocycles. The number of halogens is 1. The smallest absolute Gasteiger partial charge is 0.303 e. The van der Waals surface area contributed by atoms with Gasteiger partial charge in [-0.15, -0.1) is 0 Å². The van der Waals surface area contributed by atoms with Crippen molar-refractivity contribution in [2.75, 3.05) is 13.6 Å². The first-order chi connectivity index (χ1) is 8.99. The molecule has 0 atom stereocenters. The number of rotatable bonds is 6. The molecule has 0 unspecified atom stereocenters. The van der Waals surface area contributed by atoms with Gasteiger partial charge < -0.3 is 10.0 Å². The Balaban J connectivity index is 2.47. The van der Waals surface area contributed by atoms with Gasteiger partial charge in [0.05, 0.1) is 0 Å². The van der Waals surface area contributed by atoms with Crippen LogP contribution in [0.2, 0.25) is 0 Å². The molecule has 1 amide bonds. The molecule has 0 spiro atoms. The predicted octanol–water partition coefficient (Wildman–Crippen LogP) is 2.18. The average molecular weight is 327 g/mol. The van der Waals surface area contributed by atoms with Crippen molar-refractivity contribution < 1.29 is 14.7 Å². The van der Waals surface area contributed by atoms with Crippen molar-refractivity contribution >= 4 is 33.9 Å². The fourth-order valence-corrected chi connectivity index (χ4v) is 1.78. The maximum atomic E-state index is 11.7. The van der Waals surface area contributed by atoms with Crippen LogP contribution in [0.1, 0.15) is 18.4 Å². The average Bonchev–Trinajstić information content (AvgIpc) is 2.35. The molecule has 0 aliphatic rings. The first-order valence-corrected chi connectivity index (χ1v) is 6.55. The van der Waals surface area contributed by atoms with Gasteiger partial charge in [-0.05, 0) is 46.1 Å². The third-order valence-corrected chi connectivity index (χ3v) is 2.86. The number of likely N-dealkylation sites (N-methyl/N-ethyl adjacent to an activating group) is 1. The van der Waals surface area contributed by atoms with E-state index in [9.17, 15) is 9.59 Å². The van der Waals surface area contributed by atoms with E-state index < -0.39 is 5.97 Å². The summed E-state index contributed by atoms with van der Waals surface area (Å²) in [6.45, 7) is 0.426. The summed E-state index contributed by atoms with van der Waals surface area (Å²) in [6.07, 6.45) is 5.32. The van der Waals surface area contributed by atoms with Crippen LogP contribution in [-0.4, -0.2) is 40.5 Å². The molecule has 0 bridgehead atoms. The molecule has 102 valence electrons. The van der Waals surface area contributed by atoms with Gasteiger partial charge in [0, 0.05) is 32.3 Å². The molecule has 1 aromatic rings. The monoisotopic (exact) mass is 326 g/mol. The molecule has 5 nitrogen and oxygen atoms in total. The second kappa shape index (κ2) is 7.68. The van der Waals surface area contributed by atoms with Gasteiger partial charge in [0.2, 0.25) is 5.91 Å². The summed E-state index contributed by atoms with van der Waals surface area (Å²) in [5.41, 5.74) is 0.870. The highest BCUT2D eigenvalue weighted by Gasteiger charge is 2.05. The Morgan fingerprint density at radius 3 is 2.89 bits per heavy atom. The van der Waals surface area contributed by atoms with Gasteiger partial charge in [-0.25, -0.2) is 4.98 Å². The van der Waals surface area contributed by atoms with Crippen molar-refractivity contribution in [1.82, 2.24) is 9.88 Å². The van der Waals surface area contributed by atoms with Crippen molar-refractivity contribution in [3.8, 4) is 0 Å². The lowest BCUT2D eigenvalue weighted by molar-refractivity contribution is -0.137. The molecule has 0 radical (unpaired) electrons. The Morgan fingerprint density at radius 1 is 1.53 bits per heavy atom. The van der Waals surface area contributed by atoms with Crippen molar-refractivity contribution in [2.24, 2.45) is 0 Å². The zero-order valence-electron chi connectivity index (χ0n) is 10.5. The number of carbonyl (C=O) groups is 2. The minimum Gasteiger partial charge on any atom is -0.481 e. The van der Waals surface area contributed by atoms with E-state index >= 15 is 0 Å². The molecule has 19 heavy (non-hydrogen) atoms. The van der Waals surface area contributed by atoms with Gasteiger partial charge in [0.15, 0.2) is 0 Å². The van der Waals surface area contributed by atoms with E-state index in [0.717, 1.165) is 5.56 Å². The molecule has 1 heterocycles. The van der Waals surface area contributed by atoms with E-state index in [2.05, 4.69) is 20.9 Å².